The molecule has 1 saturated heterocycles. The minimum Gasteiger partial charge on any atom is -0.371 e. The summed E-state index contributed by atoms with van der Waals surface area (Å²) in [4.78, 5) is 38.0. The van der Waals surface area contributed by atoms with Crippen LogP contribution in [-0.4, -0.2) is 30.8 Å². The number of piperidine rings is 1. The number of nitrogens with two attached hydrogens (primary N) is 1. The van der Waals surface area contributed by atoms with Gasteiger partial charge in [0.15, 0.2) is 0 Å². The monoisotopic (exact) mass is 516 g/mol. The van der Waals surface area contributed by atoms with Crippen LogP contribution in [0.4, 0.5) is 11.4 Å². The summed E-state index contributed by atoms with van der Waals surface area (Å²) in [6, 6.07) is 13.3. The zero-order valence-corrected chi connectivity index (χ0v) is 18.3. The molecule has 30 heavy (non-hydrogen) atoms. The van der Waals surface area contributed by atoms with Gasteiger partial charge >= 0.3 is 0 Å². The quantitative estimate of drug-likeness (QED) is 0.330. The van der Waals surface area contributed by atoms with Gasteiger partial charge in [-0.3, -0.25) is 19.7 Å². The first kappa shape index (κ1) is 20.4. The molecule has 1 fully saturated rings. The van der Waals surface area contributed by atoms with Gasteiger partial charge in [-0.05, 0) is 77.9 Å². The summed E-state index contributed by atoms with van der Waals surface area (Å²) in [6.07, 6.45) is 3.17. The van der Waals surface area contributed by atoms with Crippen LogP contribution in [0, 0.1) is 9.49 Å². The van der Waals surface area contributed by atoms with Gasteiger partial charge < -0.3 is 16.0 Å². The van der Waals surface area contributed by atoms with E-state index >= 15 is 0 Å². The molecule has 3 amide bonds. The summed E-state index contributed by atoms with van der Waals surface area (Å²) in [6.45, 7) is 1.60. The first-order valence-corrected chi connectivity index (χ1v) is 10.8. The predicted molar refractivity (Wildman–Crippen MR) is 124 cm³/mol. The molecule has 4 N–H and O–H groups in total. The standard InChI is InChI=1S/C22H21IN4O3/c23-14-1-6-17-18(11-14)19(22(30)26-21(17)29)12-25-15-2-4-16(5-3-15)27-9-7-13(8-10-27)20(24)28/h1-6,11-13,25H,7-10H2,(H2,24,28)(H,26,29,30). The van der Waals surface area contributed by atoms with Gasteiger partial charge in [-0.25, -0.2) is 0 Å². The van der Waals surface area contributed by atoms with E-state index in [0.29, 0.717) is 16.7 Å². The smallest absolute Gasteiger partial charge is 0.260 e. The highest BCUT2D eigenvalue weighted by Crippen LogP contribution is 2.27. The topological polar surface area (TPSA) is 105 Å². The Morgan fingerprint density at radius 2 is 1.77 bits per heavy atom. The Morgan fingerprint density at radius 3 is 2.43 bits per heavy atom. The molecule has 2 aromatic rings. The number of nitrogens with zero attached hydrogens (tertiary/aromatic N) is 1. The SMILES string of the molecule is NC(=O)C1CCN(c2ccc(NC=C3C(=O)NC(=O)c4ccc(I)cc43)cc2)CC1. The summed E-state index contributed by atoms with van der Waals surface area (Å²) < 4.78 is 0.948. The Balaban J connectivity index is 1.48. The Labute approximate surface area is 187 Å². The van der Waals surface area contributed by atoms with Gasteiger partial charge in [-0.1, -0.05) is 0 Å². The average molecular weight is 516 g/mol. The molecule has 2 aromatic carbocycles. The molecular formula is C22H21IN4O3. The average Bonchev–Trinajstić information content (AvgIpc) is 2.74. The van der Waals surface area contributed by atoms with Crippen LogP contribution in [0.25, 0.3) is 5.57 Å². The maximum absolute atomic E-state index is 12.4. The van der Waals surface area contributed by atoms with E-state index in [1.165, 1.54) is 0 Å². The van der Waals surface area contributed by atoms with Crippen molar-refractivity contribution >= 4 is 57.3 Å². The predicted octanol–water partition coefficient (Wildman–Crippen LogP) is 2.72. The summed E-state index contributed by atoms with van der Waals surface area (Å²) in [5, 5.41) is 5.53. The molecule has 2 aliphatic rings. The number of amides is 3. The van der Waals surface area contributed by atoms with E-state index in [2.05, 4.69) is 38.1 Å². The van der Waals surface area contributed by atoms with Crippen LogP contribution in [0.3, 0.4) is 0 Å². The van der Waals surface area contributed by atoms with Crippen molar-refractivity contribution in [2.24, 2.45) is 11.7 Å². The largest absolute Gasteiger partial charge is 0.371 e. The van der Waals surface area contributed by atoms with E-state index in [4.69, 9.17) is 5.73 Å². The van der Waals surface area contributed by atoms with E-state index in [1.807, 2.05) is 36.4 Å². The second kappa shape index (κ2) is 8.47. The molecule has 0 unspecified atom stereocenters. The van der Waals surface area contributed by atoms with Crippen molar-refractivity contribution in [2.45, 2.75) is 12.8 Å². The number of rotatable bonds is 4. The number of carbonyl (C=O) groups is 3. The van der Waals surface area contributed by atoms with Crippen molar-refractivity contribution in [2.75, 3.05) is 23.3 Å². The fourth-order valence-corrected chi connectivity index (χ4v) is 4.28. The number of primary amides is 1. The number of fused-ring (bicyclic) bond motifs is 1. The van der Waals surface area contributed by atoms with Crippen LogP contribution in [0.5, 0.6) is 0 Å². The first-order chi connectivity index (χ1) is 14.4. The van der Waals surface area contributed by atoms with Gasteiger partial charge in [-0.15, -0.1) is 0 Å². The Morgan fingerprint density at radius 1 is 1.07 bits per heavy atom. The molecule has 2 aliphatic heterocycles. The molecule has 0 saturated carbocycles. The summed E-state index contributed by atoms with van der Waals surface area (Å²) in [5.41, 5.74) is 8.84. The number of hydrogen-bond acceptors (Lipinski definition) is 5. The van der Waals surface area contributed by atoms with E-state index in [0.717, 1.165) is 40.9 Å². The maximum atomic E-state index is 12.4. The number of benzene rings is 2. The van der Waals surface area contributed by atoms with Crippen molar-refractivity contribution in [1.82, 2.24) is 5.32 Å². The van der Waals surface area contributed by atoms with E-state index < -0.39 is 5.91 Å². The lowest BCUT2D eigenvalue weighted by molar-refractivity contribution is -0.122. The van der Waals surface area contributed by atoms with Crippen LogP contribution in [0.1, 0.15) is 28.8 Å². The van der Waals surface area contributed by atoms with Gasteiger partial charge in [0.25, 0.3) is 11.8 Å². The molecule has 0 aliphatic carbocycles. The van der Waals surface area contributed by atoms with E-state index in [9.17, 15) is 14.4 Å². The molecule has 0 aromatic heterocycles. The summed E-state index contributed by atoms with van der Waals surface area (Å²) >= 11 is 2.16. The van der Waals surface area contributed by atoms with E-state index in [1.54, 1.807) is 12.3 Å². The third-order valence-corrected chi connectivity index (χ3v) is 6.17. The third kappa shape index (κ3) is 4.18. The number of halogens is 1. The van der Waals surface area contributed by atoms with Crippen molar-refractivity contribution in [3.8, 4) is 0 Å². The zero-order valence-electron chi connectivity index (χ0n) is 16.2. The molecule has 0 spiro atoms. The molecule has 0 bridgehead atoms. The molecule has 0 radical (unpaired) electrons. The zero-order chi connectivity index (χ0) is 21.3. The van der Waals surface area contributed by atoms with Gasteiger partial charge in [0, 0.05) is 51.3 Å². The second-order valence-corrected chi connectivity index (χ2v) is 8.63. The fraction of sp³-hybridized carbons (Fsp3) is 0.227. The molecule has 154 valence electrons. The van der Waals surface area contributed by atoms with Crippen molar-refractivity contribution in [3.05, 3.63) is 63.4 Å². The highest BCUT2D eigenvalue weighted by atomic mass is 127. The summed E-state index contributed by atoms with van der Waals surface area (Å²) in [5.74, 6) is -1.05. The number of hydrogen-bond donors (Lipinski definition) is 3. The first-order valence-electron chi connectivity index (χ1n) is 9.69. The third-order valence-electron chi connectivity index (χ3n) is 5.50. The van der Waals surface area contributed by atoms with Crippen LogP contribution in [-0.2, 0) is 9.59 Å². The minimum atomic E-state index is -0.420. The second-order valence-electron chi connectivity index (χ2n) is 7.39. The Hall–Kier alpha value is -2.88. The van der Waals surface area contributed by atoms with Gasteiger partial charge in [-0.2, -0.15) is 0 Å². The number of anilines is 2. The lowest BCUT2D eigenvalue weighted by Gasteiger charge is -2.32. The summed E-state index contributed by atoms with van der Waals surface area (Å²) in [7, 11) is 0. The Kier molecular flexibility index (Phi) is 5.76. The number of nitrogens with one attached hydrogen (secondary N) is 2. The van der Waals surface area contributed by atoms with Crippen molar-refractivity contribution < 1.29 is 14.4 Å². The molecule has 4 rings (SSSR count). The molecular weight excluding hydrogens is 495 g/mol. The van der Waals surface area contributed by atoms with Crippen LogP contribution < -0.4 is 21.3 Å². The lowest BCUT2D eigenvalue weighted by atomic mass is 9.95. The number of imide groups is 1. The van der Waals surface area contributed by atoms with Crippen LogP contribution in [0.15, 0.2) is 48.7 Å². The van der Waals surface area contributed by atoms with E-state index in [-0.39, 0.29) is 17.7 Å². The maximum Gasteiger partial charge on any atom is 0.260 e. The van der Waals surface area contributed by atoms with Gasteiger partial charge in [0.2, 0.25) is 5.91 Å². The fourth-order valence-electron chi connectivity index (χ4n) is 3.79. The van der Waals surface area contributed by atoms with Gasteiger partial charge in [0.05, 0.1) is 5.57 Å². The highest BCUT2D eigenvalue weighted by molar-refractivity contribution is 14.1. The van der Waals surface area contributed by atoms with Crippen LogP contribution in [0.2, 0.25) is 0 Å². The van der Waals surface area contributed by atoms with Crippen LogP contribution >= 0.6 is 22.6 Å². The highest BCUT2D eigenvalue weighted by Gasteiger charge is 2.27. The van der Waals surface area contributed by atoms with Crippen molar-refractivity contribution in [1.29, 1.82) is 0 Å². The molecule has 0 atom stereocenters. The lowest BCUT2D eigenvalue weighted by Crippen LogP contribution is -2.38. The molecule has 7 nitrogen and oxygen atoms in total. The number of carbonyl (C=O) groups excluding carboxylic acids is 3. The normalized spacial score (nSPS) is 18.2. The van der Waals surface area contributed by atoms with Crippen molar-refractivity contribution in [3.63, 3.8) is 0 Å². The minimum absolute atomic E-state index is 0.0340. The Bertz CT molecular complexity index is 1040. The molecule has 2 heterocycles. The van der Waals surface area contributed by atoms with Gasteiger partial charge in [0.1, 0.15) is 0 Å². The molecule has 8 heteroatoms.